The van der Waals surface area contributed by atoms with Crippen LogP contribution in [0.2, 0.25) is 0 Å². The minimum atomic E-state index is -0.547. The zero-order valence-electron chi connectivity index (χ0n) is 9.65. The Morgan fingerprint density at radius 2 is 1.74 bits per heavy atom. The molecule has 0 saturated carbocycles. The zero-order valence-corrected chi connectivity index (χ0v) is 9.65. The lowest BCUT2D eigenvalue weighted by molar-refractivity contribution is -0.401. The molecule has 0 atom stereocenters. The molecule has 1 N–H and O–H groups in total. The quantitative estimate of drug-likeness (QED) is 0.673. The Labute approximate surface area is 107 Å². The molecule has 0 radical (unpaired) electrons. The number of fused-ring (bicyclic) bond motifs is 1. The van der Waals surface area contributed by atoms with Gasteiger partial charge in [-0.05, 0) is 17.7 Å². The van der Waals surface area contributed by atoms with Crippen LogP contribution in [0.3, 0.4) is 0 Å². The third-order valence-electron chi connectivity index (χ3n) is 2.50. The highest BCUT2D eigenvalue weighted by Gasteiger charge is 2.03. The topological polar surface area (TPSA) is 102 Å². The maximum atomic E-state index is 10.3. The minimum absolute atomic E-state index is 0.546. The molecule has 0 bridgehead atoms. The monoisotopic (exact) mass is 259 g/mol. The van der Waals surface area contributed by atoms with Crippen LogP contribution in [0.5, 0.6) is 0 Å². The Kier molecular flexibility index (Phi) is 3.37. The first-order valence-corrected chi connectivity index (χ1v) is 5.31. The van der Waals surface area contributed by atoms with Gasteiger partial charge in [-0.3, -0.25) is 20.2 Å². The van der Waals surface area contributed by atoms with Crippen molar-refractivity contribution in [3.8, 4) is 0 Å². The number of aromatic nitrogens is 1. The summed E-state index contributed by atoms with van der Waals surface area (Å²) in [6.45, 7) is 0. The first-order chi connectivity index (χ1) is 9.06. The van der Waals surface area contributed by atoms with Gasteiger partial charge in [0.05, 0.1) is 9.85 Å². The van der Waals surface area contributed by atoms with E-state index >= 15 is 0 Å². The SMILES string of the molecule is O=[N+]([O-])/C=C/c1ccc2[nH]cc(/C=C/[N+](=O)[O-])c2c1. The molecule has 0 spiro atoms. The molecule has 2 aromatic rings. The molecule has 96 valence electrons. The van der Waals surface area contributed by atoms with E-state index in [-0.39, 0.29) is 0 Å². The number of nitrogens with one attached hydrogen (secondary N) is 1. The highest BCUT2D eigenvalue weighted by atomic mass is 16.6. The average molecular weight is 259 g/mol. The smallest absolute Gasteiger partial charge is 0.235 e. The highest BCUT2D eigenvalue weighted by molar-refractivity contribution is 5.90. The summed E-state index contributed by atoms with van der Waals surface area (Å²) >= 11 is 0. The van der Waals surface area contributed by atoms with Gasteiger partial charge in [0.2, 0.25) is 12.4 Å². The summed E-state index contributed by atoms with van der Waals surface area (Å²) < 4.78 is 0. The van der Waals surface area contributed by atoms with Crippen LogP contribution in [0.15, 0.2) is 36.8 Å². The van der Waals surface area contributed by atoms with Crippen LogP contribution in [0.1, 0.15) is 11.1 Å². The van der Waals surface area contributed by atoms with E-state index in [2.05, 4.69) is 4.98 Å². The molecule has 0 amide bonds. The Hall–Kier alpha value is -2.96. The fourth-order valence-electron chi connectivity index (χ4n) is 1.69. The standard InChI is InChI=1S/C12H9N3O4/c16-14(17)5-3-9-1-2-12-11(7-9)10(8-13-12)4-6-15(18)19/h1-8,13H/b5-3+,6-4+. The summed E-state index contributed by atoms with van der Waals surface area (Å²) in [6, 6.07) is 5.21. The van der Waals surface area contributed by atoms with E-state index < -0.39 is 9.85 Å². The number of rotatable bonds is 4. The van der Waals surface area contributed by atoms with Crippen LogP contribution in [-0.2, 0) is 0 Å². The molecule has 0 aliphatic heterocycles. The number of nitrogens with zero attached hydrogens (tertiary/aromatic N) is 2. The van der Waals surface area contributed by atoms with Crippen molar-refractivity contribution in [3.63, 3.8) is 0 Å². The normalized spacial score (nSPS) is 11.6. The molecule has 1 heterocycles. The molecule has 0 fully saturated rings. The maximum Gasteiger partial charge on any atom is 0.235 e. The number of hydrogen-bond donors (Lipinski definition) is 1. The Morgan fingerprint density at radius 1 is 1.05 bits per heavy atom. The number of H-pyrrole nitrogens is 1. The van der Waals surface area contributed by atoms with Crippen molar-refractivity contribution < 1.29 is 9.85 Å². The van der Waals surface area contributed by atoms with Crippen molar-refractivity contribution in [2.75, 3.05) is 0 Å². The lowest BCUT2D eigenvalue weighted by atomic mass is 10.1. The lowest BCUT2D eigenvalue weighted by Crippen LogP contribution is -1.83. The molecular weight excluding hydrogens is 250 g/mol. The van der Waals surface area contributed by atoms with Crippen LogP contribution < -0.4 is 0 Å². The van der Waals surface area contributed by atoms with E-state index in [0.29, 0.717) is 11.1 Å². The van der Waals surface area contributed by atoms with Crippen LogP contribution >= 0.6 is 0 Å². The number of nitro groups is 2. The van der Waals surface area contributed by atoms with Crippen LogP contribution in [0.25, 0.3) is 23.1 Å². The first kappa shape index (κ1) is 12.5. The van der Waals surface area contributed by atoms with E-state index in [1.54, 1.807) is 24.4 Å². The van der Waals surface area contributed by atoms with Crippen molar-refractivity contribution >= 4 is 23.1 Å². The summed E-state index contributed by atoms with van der Waals surface area (Å²) in [5, 5.41) is 21.3. The highest BCUT2D eigenvalue weighted by Crippen LogP contribution is 2.21. The second-order valence-electron chi connectivity index (χ2n) is 3.75. The molecule has 1 aromatic heterocycles. The average Bonchev–Trinajstić information content (AvgIpc) is 2.76. The maximum absolute atomic E-state index is 10.3. The van der Waals surface area contributed by atoms with Crippen LogP contribution in [0, 0.1) is 20.2 Å². The molecule has 19 heavy (non-hydrogen) atoms. The van der Waals surface area contributed by atoms with E-state index in [0.717, 1.165) is 23.3 Å². The van der Waals surface area contributed by atoms with Crippen molar-refractivity contribution in [2.45, 2.75) is 0 Å². The van der Waals surface area contributed by atoms with Gasteiger partial charge in [0.1, 0.15) is 0 Å². The number of benzene rings is 1. The number of hydrogen-bond acceptors (Lipinski definition) is 4. The summed E-state index contributed by atoms with van der Waals surface area (Å²) in [5.74, 6) is 0. The van der Waals surface area contributed by atoms with Gasteiger partial charge < -0.3 is 4.98 Å². The van der Waals surface area contributed by atoms with Gasteiger partial charge in [0, 0.05) is 34.8 Å². The van der Waals surface area contributed by atoms with Crippen molar-refractivity contribution in [3.05, 3.63) is 68.2 Å². The van der Waals surface area contributed by atoms with Crippen LogP contribution in [0.4, 0.5) is 0 Å². The van der Waals surface area contributed by atoms with Gasteiger partial charge in [-0.15, -0.1) is 0 Å². The van der Waals surface area contributed by atoms with E-state index in [1.807, 2.05) is 0 Å². The van der Waals surface area contributed by atoms with Gasteiger partial charge in [-0.1, -0.05) is 6.07 Å². The van der Waals surface area contributed by atoms with E-state index in [4.69, 9.17) is 0 Å². The molecule has 0 aliphatic rings. The van der Waals surface area contributed by atoms with Crippen LogP contribution in [-0.4, -0.2) is 14.8 Å². The molecule has 7 heteroatoms. The van der Waals surface area contributed by atoms with Gasteiger partial charge in [0.25, 0.3) is 0 Å². The second-order valence-corrected chi connectivity index (χ2v) is 3.75. The van der Waals surface area contributed by atoms with Gasteiger partial charge in [-0.2, -0.15) is 0 Å². The molecule has 0 unspecified atom stereocenters. The Balaban J connectivity index is 2.42. The lowest BCUT2D eigenvalue weighted by Gasteiger charge is -1.94. The predicted octanol–water partition coefficient (Wildman–Crippen LogP) is 2.66. The zero-order chi connectivity index (χ0) is 13.8. The molecule has 2 rings (SSSR count). The van der Waals surface area contributed by atoms with E-state index in [1.165, 1.54) is 12.2 Å². The summed E-state index contributed by atoms with van der Waals surface area (Å²) in [5.41, 5.74) is 2.11. The number of aromatic amines is 1. The van der Waals surface area contributed by atoms with Crippen molar-refractivity contribution in [1.82, 2.24) is 4.98 Å². The van der Waals surface area contributed by atoms with Crippen molar-refractivity contribution in [1.29, 1.82) is 0 Å². The fourth-order valence-corrected chi connectivity index (χ4v) is 1.69. The largest absolute Gasteiger partial charge is 0.361 e. The van der Waals surface area contributed by atoms with Gasteiger partial charge >= 0.3 is 0 Å². The first-order valence-electron chi connectivity index (χ1n) is 5.31. The molecule has 1 aromatic carbocycles. The van der Waals surface area contributed by atoms with Crippen molar-refractivity contribution in [2.24, 2.45) is 0 Å². The molecule has 0 aliphatic carbocycles. The summed E-state index contributed by atoms with van der Waals surface area (Å²) in [4.78, 5) is 22.4. The van der Waals surface area contributed by atoms with Gasteiger partial charge in [-0.25, -0.2) is 0 Å². The molecule has 7 nitrogen and oxygen atoms in total. The summed E-state index contributed by atoms with van der Waals surface area (Å²) in [6.07, 6.45) is 6.08. The third kappa shape index (κ3) is 3.03. The fraction of sp³-hybridized carbons (Fsp3) is 0. The second kappa shape index (κ2) is 5.13. The Bertz CT molecular complexity index is 700. The molecule has 0 saturated heterocycles. The van der Waals surface area contributed by atoms with Gasteiger partial charge in [0.15, 0.2) is 0 Å². The summed E-state index contributed by atoms with van der Waals surface area (Å²) in [7, 11) is 0. The van der Waals surface area contributed by atoms with E-state index in [9.17, 15) is 20.2 Å². The minimum Gasteiger partial charge on any atom is -0.361 e. The molecular formula is C12H9N3O4. The third-order valence-corrected chi connectivity index (χ3v) is 2.50. The predicted molar refractivity (Wildman–Crippen MR) is 70.4 cm³/mol. The Morgan fingerprint density at radius 3 is 2.42 bits per heavy atom.